The van der Waals surface area contributed by atoms with E-state index in [2.05, 4.69) is 50.9 Å². The summed E-state index contributed by atoms with van der Waals surface area (Å²) in [6.45, 7) is 7.64. The van der Waals surface area contributed by atoms with Crippen LogP contribution >= 0.6 is 0 Å². The van der Waals surface area contributed by atoms with Gasteiger partial charge in [0.1, 0.15) is 0 Å². The maximum atomic E-state index is 6.46. The molecule has 1 fully saturated rings. The third kappa shape index (κ3) is 3.83. The van der Waals surface area contributed by atoms with Crippen molar-refractivity contribution < 1.29 is 0 Å². The first kappa shape index (κ1) is 15.5. The van der Waals surface area contributed by atoms with Crippen molar-refractivity contribution >= 4 is 0 Å². The van der Waals surface area contributed by atoms with E-state index in [-0.39, 0.29) is 6.04 Å². The van der Waals surface area contributed by atoms with Gasteiger partial charge in [0.25, 0.3) is 0 Å². The molecule has 0 saturated heterocycles. The smallest absolute Gasteiger partial charge is 0.0426 e. The Morgan fingerprint density at radius 3 is 2.50 bits per heavy atom. The van der Waals surface area contributed by atoms with Crippen molar-refractivity contribution in [3.63, 3.8) is 0 Å². The predicted octanol–water partition coefficient (Wildman–Crippen LogP) is 3.81. The lowest BCUT2D eigenvalue weighted by Crippen LogP contribution is -2.39. The fourth-order valence-electron chi connectivity index (χ4n) is 3.40. The summed E-state index contributed by atoms with van der Waals surface area (Å²) in [5, 5.41) is 0. The van der Waals surface area contributed by atoms with Crippen LogP contribution in [0.5, 0.6) is 0 Å². The Bertz CT molecular complexity index is 433. The number of aryl methyl sites for hydroxylation is 2. The Balaban J connectivity index is 1.96. The molecule has 1 aliphatic rings. The first-order chi connectivity index (χ1) is 9.47. The van der Waals surface area contributed by atoms with Crippen LogP contribution in [0.15, 0.2) is 18.2 Å². The quantitative estimate of drug-likeness (QED) is 0.904. The third-order valence-corrected chi connectivity index (χ3v) is 4.93. The number of rotatable bonds is 4. The molecule has 1 saturated carbocycles. The van der Waals surface area contributed by atoms with E-state index in [1.54, 1.807) is 0 Å². The molecule has 20 heavy (non-hydrogen) atoms. The van der Waals surface area contributed by atoms with E-state index in [1.165, 1.54) is 42.4 Å². The standard InChI is InChI=1S/C18H30N2/c1-13-6-9-16(10-7-13)20(4)12-18(19)17-11-14(2)5-8-15(17)3/h5,8,11,13,16,18H,6-7,9-10,12,19H2,1-4H3. The third-order valence-electron chi connectivity index (χ3n) is 4.93. The largest absolute Gasteiger partial charge is 0.323 e. The minimum absolute atomic E-state index is 0.124. The lowest BCUT2D eigenvalue weighted by molar-refractivity contribution is 0.162. The molecule has 2 heteroatoms. The molecule has 0 bridgehead atoms. The van der Waals surface area contributed by atoms with Crippen LogP contribution in [-0.2, 0) is 0 Å². The first-order valence-corrected chi connectivity index (χ1v) is 8.00. The highest BCUT2D eigenvalue weighted by molar-refractivity contribution is 5.33. The van der Waals surface area contributed by atoms with Gasteiger partial charge in [0, 0.05) is 18.6 Å². The van der Waals surface area contributed by atoms with E-state index < -0.39 is 0 Å². The predicted molar refractivity (Wildman–Crippen MR) is 86.9 cm³/mol. The highest BCUT2D eigenvalue weighted by Crippen LogP contribution is 2.27. The van der Waals surface area contributed by atoms with E-state index in [4.69, 9.17) is 5.73 Å². The average Bonchev–Trinajstić information content (AvgIpc) is 2.42. The highest BCUT2D eigenvalue weighted by atomic mass is 15.1. The number of hydrogen-bond acceptors (Lipinski definition) is 2. The zero-order valence-electron chi connectivity index (χ0n) is 13.5. The topological polar surface area (TPSA) is 29.3 Å². The van der Waals surface area contributed by atoms with Gasteiger partial charge in [-0.15, -0.1) is 0 Å². The summed E-state index contributed by atoms with van der Waals surface area (Å²) in [5.74, 6) is 0.910. The molecular formula is C18H30N2. The molecule has 1 atom stereocenters. The van der Waals surface area contributed by atoms with Crippen LogP contribution in [0.1, 0.15) is 55.3 Å². The van der Waals surface area contributed by atoms with Gasteiger partial charge in [-0.3, -0.25) is 0 Å². The summed E-state index contributed by atoms with van der Waals surface area (Å²) in [7, 11) is 2.24. The van der Waals surface area contributed by atoms with Gasteiger partial charge in [0.05, 0.1) is 0 Å². The molecule has 2 nitrogen and oxygen atoms in total. The zero-order valence-corrected chi connectivity index (χ0v) is 13.5. The van der Waals surface area contributed by atoms with Gasteiger partial charge in [-0.2, -0.15) is 0 Å². The van der Waals surface area contributed by atoms with Gasteiger partial charge in [-0.25, -0.2) is 0 Å². The van der Waals surface area contributed by atoms with E-state index in [1.807, 2.05) is 0 Å². The highest BCUT2D eigenvalue weighted by Gasteiger charge is 2.23. The number of nitrogens with zero attached hydrogens (tertiary/aromatic N) is 1. The molecule has 2 N–H and O–H groups in total. The van der Waals surface area contributed by atoms with E-state index >= 15 is 0 Å². The number of nitrogens with two attached hydrogens (primary N) is 1. The van der Waals surface area contributed by atoms with Crippen molar-refractivity contribution in [1.82, 2.24) is 4.90 Å². The summed E-state index contributed by atoms with van der Waals surface area (Å²) in [6.07, 6.45) is 5.40. The van der Waals surface area contributed by atoms with Gasteiger partial charge in [-0.05, 0) is 63.6 Å². The lowest BCUT2D eigenvalue weighted by Gasteiger charge is -2.35. The van der Waals surface area contributed by atoms with Crippen LogP contribution in [0.2, 0.25) is 0 Å². The van der Waals surface area contributed by atoms with Gasteiger partial charge < -0.3 is 10.6 Å². The maximum absolute atomic E-state index is 6.46. The normalized spacial score (nSPS) is 24.9. The van der Waals surface area contributed by atoms with Gasteiger partial charge in [0.2, 0.25) is 0 Å². The van der Waals surface area contributed by atoms with Gasteiger partial charge in [-0.1, -0.05) is 30.7 Å². The van der Waals surface area contributed by atoms with Crippen molar-refractivity contribution in [2.24, 2.45) is 11.7 Å². The minimum Gasteiger partial charge on any atom is -0.323 e. The second-order valence-corrected chi connectivity index (χ2v) is 6.82. The molecule has 1 aromatic rings. The molecule has 2 rings (SSSR count). The summed E-state index contributed by atoms with van der Waals surface area (Å²) in [6, 6.07) is 7.45. The Hall–Kier alpha value is -0.860. The minimum atomic E-state index is 0.124. The summed E-state index contributed by atoms with van der Waals surface area (Å²) < 4.78 is 0. The molecule has 0 spiro atoms. The molecule has 0 aromatic heterocycles. The monoisotopic (exact) mass is 274 g/mol. The van der Waals surface area contributed by atoms with Crippen molar-refractivity contribution in [3.8, 4) is 0 Å². The molecule has 0 aliphatic heterocycles. The fourth-order valence-corrected chi connectivity index (χ4v) is 3.40. The lowest BCUT2D eigenvalue weighted by atomic mass is 9.86. The van der Waals surface area contributed by atoms with Crippen LogP contribution in [0, 0.1) is 19.8 Å². The maximum Gasteiger partial charge on any atom is 0.0426 e. The van der Waals surface area contributed by atoms with Crippen LogP contribution < -0.4 is 5.73 Å². The summed E-state index contributed by atoms with van der Waals surface area (Å²) in [5.41, 5.74) is 10.4. The van der Waals surface area contributed by atoms with E-state index in [9.17, 15) is 0 Å². The van der Waals surface area contributed by atoms with Crippen molar-refractivity contribution in [2.75, 3.05) is 13.6 Å². The Morgan fingerprint density at radius 2 is 1.85 bits per heavy atom. The molecule has 0 heterocycles. The van der Waals surface area contributed by atoms with Crippen LogP contribution in [0.4, 0.5) is 0 Å². The molecule has 1 aliphatic carbocycles. The second-order valence-electron chi connectivity index (χ2n) is 6.82. The summed E-state index contributed by atoms with van der Waals surface area (Å²) >= 11 is 0. The van der Waals surface area contributed by atoms with Crippen LogP contribution in [-0.4, -0.2) is 24.5 Å². The van der Waals surface area contributed by atoms with Crippen molar-refractivity contribution in [1.29, 1.82) is 0 Å². The Labute approximate surface area is 124 Å². The van der Waals surface area contributed by atoms with Gasteiger partial charge in [0.15, 0.2) is 0 Å². The number of benzene rings is 1. The van der Waals surface area contributed by atoms with Gasteiger partial charge >= 0.3 is 0 Å². The molecule has 1 aromatic carbocycles. The first-order valence-electron chi connectivity index (χ1n) is 8.00. The second kappa shape index (κ2) is 6.73. The Morgan fingerprint density at radius 1 is 1.20 bits per heavy atom. The average molecular weight is 274 g/mol. The Kier molecular flexibility index (Phi) is 5.22. The number of hydrogen-bond donors (Lipinski definition) is 1. The molecule has 1 unspecified atom stereocenters. The molecule has 112 valence electrons. The number of likely N-dealkylation sites (N-methyl/N-ethyl adjacent to an activating group) is 1. The SMILES string of the molecule is Cc1ccc(C)c(C(N)CN(C)C2CCC(C)CC2)c1. The van der Waals surface area contributed by atoms with Crippen molar-refractivity contribution in [3.05, 3.63) is 34.9 Å². The van der Waals surface area contributed by atoms with Crippen LogP contribution in [0.25, 0.3) is 0 Å². The van der Waals surface area contributed by atoms with Crippen LogP contribution in [0.3, 0.4) is 0 Å². The molecule has 0 amide bonds. The van der Waals surface area contributed by atoms with E-state index in [0.29, 0.717) is 0 Å². The molecule has 0 radical (unpaired) electrons. The fraction of sp³-hybridized carbons (Fsp3) is 0.667. The van der Waals surface area contributed by atoms with Crippen molar-refractivity contribution in [2.45, 2.75) is 58.5 Å². The van der Waals surface area contributed by atoms with E-state index in [0.717, 1.165) is 18.5 Å². The molecular weight excluding hydrogens is 244 g/mol. The zero-order chi connectivity index (χ0) is 14.7. The summed E-state index contributed by atoms with van der Waals surface area (Å²) in [4.78, 5) is 2.48.